The maximum atomic E-state index is 6.24. The fraction of sp³-hybridized carbons (Fsp3) is 0.474. The minimum Gasteiger partial charge on any atom is -0.341 e. The van der Waals surface area contributed by atoms with Gasteiger partial charge in [-0.3, -0.25) is 4.57 Å². The third-order valence-electron chi connectivity index (χ3n) is 4.50. The van der Waals surface area contributed by atoms with Gasteiger partial charge >= 0.3 is 0 Å². The lowest BCUT2D eigenvalue weighted by atomic mass is 10.1. The summed E-state index contributed by atoms with van der Waals surface area (Å²) in [6, 6.07) is 7.76. The molecule has 0 bridgehead atoms. The van der Waals surface area contributed by atoms with Crippen molar-refractivity contribution in [2.75, 3.05) is 18.0 Å². The van der Waals surface area contributed by atoms with Crippen LogP contribution in [0, 0.1) is 5.92 Å². The molecule has 1 saturated heterocycles. The van der Waals surface area contributed by atoms with Crippen molar-refractivity contribution in [3.8, 4) is 5.69 Å². The van der Waals surface area contributed by atoms with Crippen LogP contribution in [0.5, 0.6) is 0 Å². The number of anilines is 1. The summed E-state index contributed by atoms with van der Waals surface area (Å²) in [5.74, 6) is 3.24. The van der Waals surface area contributed by atoms with Crippen molar-refractivity contribution in [1.82, 2.24) is 24.9 Å². The van der Waals surface area contributed by atoms with Crippen LogP contribution >= 0.6 is 23.4 Å². The lowest BCUT2D eigenvalue weighted by Gasteiger charge is -2.18. The van der Waals surface area contributed by atoms with E-state index in [1.165, 1.54) is 24.6 Å². The monoisotopic (exact) mass is 418 g/mol. The first kappa shape index (κ1) is 19.3. The first-order chi connectivity index (χ1) is 13.6. The molecule has 0 unspecified atom stereocenters. The molecule has 1 aliphatic rings. The Balaban J connectivity index is 1.59. The molecule has 3 heterocycles. The molecule has 7 nitrogen and oxygen atoms in total. The minimum atomic E-state index is 0.493. The molecule has 0 amide bonds. The van der Waals surface area contributed by atoms with Crippen molar-refractivity contribution in [2.24, 2.45) is 5.92 Å². The van der Waals surface area contributed by atoms with E-state index in [9.17, 15) is 0 Å². The van der Waals surface area contributed by atoms with Gasteiger partial charge in [0, 0.05) is 24.5 Å². The molecule has 0 radical (unpaired) electrons. The summed E-state index contributed by atoms with van der Waals surface area (Å²) in [7, 11) is 0. The van der Waals surface area contributed by atoms with Gasteiger partial charge in [-0.25, -0.2) is 0 Å². The number of aromatic nitrogens is 5. The Morgan fingerprint density at radius 3 is 2.79 bits per heavy atom. The van der Waals surface area contributed by atoms with Crippen LogP contribution in [0.25, 0.3) is 5.69 Å². The summed E-state index contributed by atoms with van der Waals surface area (Å²) in [4.78, 5) is 6.75. The number of thioether (sulfide) groups is 1. The number of hydrogen-bond acceptors (Lipinski definition) is 7. The first-order valence-electron chi connectivity index (χ1n) is 9.50. The number of nitrogens with zero attached hydrogens (tertiary/aromatic N) is 6. The van der Waals surface area contributed by atoms with Gasteiger partial charge in [0.1, 0.15) is 0 Å². The minimum absolute atomic E-state index is 0.493. The Hall–Kier alpha value is -2.06. The lowest BCUT2D eigenvalue weighted by Crippen LogP contribution is -2.22. The quantitative estimate of drug-likeness (QED) is 0.526. The lowest BCUT2D eigenvalue weighted by molar-refractivity contribution is 0.382. The summed E-state index contributed by atoms with van der Waals surface area (Å²) < 4.78 is 7.45. The number of halogens is 1. The molecule has 0 spiro atoms. The second-order valence-electron chi connectivity index (χ2n) is 7.28. The molecule has 2 aromatic heterocycles. The molecule has 0 atom stereocenters. The van der Waals surface area contributed by atoms with E-state index < -0.39 is 0 Å². The normalized spacial score (nSPS) is 14.4. The highest BCUT2D eigenvalue weighted by atomic mass is 35.5. The fourth-order valence-corrected chi connectivity index (χ4v) is 4.21. The predicted octanol–water partition coefficient (Wildman–Crippen LogP) is 4.39. The average molecular weight is 419 g/mol. The molecule has 4 rings (SSSR count). The summed E-state index contributed by atoms with van der Waals surface area (Å²) in [6.07, 6.45) is 3.16. The van der Waals surface area contributed by atoms with Crippen LogP contribution in [0.4, 0.5) is 5.95 Å². The molecule has 1 aromatic carbocycles. The van der Waals surface area contributed by atoms with Crippen LogP contribution in [-0.2, 0) is 12.2 Å². The molecule has 148 valence electrons. The Kier molecular flexibility index (Phi) is 5.87. The molecule has 0 saturated carbocycles. The van der Waals surface area contributed by atoms with E-state index in [4.69, 9.17) is 16.1 Å². The van der Waals surface area contributed by atoms with Crippen LogP contribution in [0.2, 0.25) is 5.02 Å². The SMILES string of the molecule is CC(C)Cc1noc(CSc2nnc(N3CCCC3)n2-c2cccc(Cl)c2)n1. The van der Waals surface area contributed by atoms with Gasteiger partial charge in [0.15, 0.2) is 11.0 Å². The van der Waals surface area contributed by atoms with Crippen LogP contribution in [-0.4, -0.2) is 38.0 Å². The highest BCUT2D eigenvalue weighted by Gasteiger charge is 2.23. The van der Waals surface area contributed by atoms with Crippen LogP contribution < -0.4 is 4.90 Å². The molecule has 0 aliphatic carbocycles. The summed E-state index contributed by atoms with van der Waals surface area (Å²) in [6.45, 7) is 6.26. The molecule has 3 aromatic rings. The Morgan fingerprint density at radius 1 is 1.21 bits per heavy atom. The maximum Gasteiger partial charge on any atom is 0.237 e. The molecule has 1 aliphatic heterocycles. The molecule has 0 N–H and O–H groups in total. The van der Waals surface area contributed by atoms with Crippen LogP contribution in [0.15, 0.2) is 33.9 Å². The zero-order valence-electron chi connectivity index (χ0n) is 16.0. The van der Waals surface area contributed by atoms with E-state index in [1.54, 1.807) is 0 Å². The van der Waals surface area contributed by atoms with E-state index in [0.29, 0.717) is 22.6 Å². The van der Waals surface area contributed by atoms with E-state index in [-0.39, 0.29) is 0 Å². The summed E-state index contributed by atoms with van der Waals surface area (Å²) in [5.41, 5.74) is 0.952. The highest BCUT2D eigenvalue weighted by Crippen LogP contribution is 2.30. The number of hydrogen-bond donors (Lipinski definition) is 0. The van der Waals surface area contributed by atoms with Gasteiger partial charge in [-0.05, 0) is 37.0 Å². The Bertz CT molecular complexity index is 934. The van der Waals surface area contributed by atoms with E-state index in [2.05, 4.69) is 43.7 Å². The van der Waals surface area contributed by atoms with E-state index in [0.717, 1.165) is 42.1 Å². The zero-order chi connectivity index (χ0) is 19.5. The van der Waals surface area contributed by atoms with Crippen LogP contribution in [0.1, 0.15) is 38.4 Å². The highest BCUT2D eigenvalue weighted by molar-refractivity contribution is 7.98. The van der Waals surface area contributed by atoms with E-state index >= 15 is 0 Å². The Labute approximate surface area is 173 Å². The van der Waals surface area contributed by atoms with Gasteiger partial charge in [0.05, 0.1) is 11.4 Å². The Morgan fingerprint density at radius 2 is 2.04 bits per heavy atom. The van der Waals surface area contributed by atoms with Crippen molar-refractivity contribution in [3.05, 3.63) is 41.0 Å². The standard InChI is InChI=1S/C19H23ClN6OS/c1-13(2)10-16-21-17(27-24-16)12-28-19-23-22-18(25-8-3-4-9-25)26(19)15-7-5-6-14(20)11-15/h5-7,11,13H,3-4,8-10,12H2,1-2H3. The van der Waals surface area contributed by atoms with Gasteiger partial charge in [-0.1, -0.05) is 48.4 Å². The molecular formula is C19H23ClN6OS. The van der Waals surface area contributed by atoms with Crippen molar-refractivity contribution >= 4 is 29.3 Å². The number of rotatable bonds is 7. The third-order valence-corrected chi connectivity index (χ3v) is 5.65. The molecule has 9 heteroatoms. The van der Waals surface area contributed by atoms with Gasteiger partial charge < -0.3 is 9.42 Å². The molecule has 1 fully saturated rings. The largest absolute Gasteiger partial charge is 0.341 e. The van der Waals surface area contributed by atoms with Gasteiger partial charge in [0.25, 0.3) is 0 Å². The van der Waals surface area contributed by atoms with Crippen molar-refractivity contribution in [2.45, 2.75) is 44.0 Å². The predicted molar refractivity (Wildman–Crippen MR) is 110 cm³/mol. The zero-order valence-corrected chi connectivity index (χ0v) is 17.6. The smallest absolute Gasteiger partial charge is 0.237 e. The second kappa shape index (κ2) is 8.53. The maximum absolute atomic E-state index is 6.24. The van der Waals surface area contributed by atoms with Gasteiger partial charge in [-0.15, -0.1) is 10.2 Å². The summed E-state index contributed by atoms with van der Waals surface area (Å²) in [5, 5.41) is 14.4. The van der Waals surface area contributed by atoms with Crippen LogP contribution in [0.3, 0.4) is 0 Å². The van der Waals surface area contributed by atoms with Crippen molar-refractivity contribution in [3.63, 3.8) is 0 Å². The van der Waals surface area contributed by atoms with Crippen molar-refractivity contribution in [1.29, 1.82) is 0 Å². The fourth-order valence-electron chi connectivity index (χ4n) is 3.24. The van der Waals surface area contributed by atoms with Gasteiger partial charge in [-0.2, -0.15) is 4.98 Å². The van der Waals surface area contributed by atoms with Crippen molar-refractivity contribution < 1.29 is 4.52 Å². The number of benzene rings is 1. The second-order valence-corrected chi connectivity index (χ2v) is 8.66. The summed E-state index contributed by atoms with van der Waals surface area (Å²) >= 11 is 7.77. The van der Waals surface area contributed by atoms with Gasteiger partial charge in [0.2, 0.25) is 11.8 Å². The third kappa shape index (κ3) is 4.33. The molecular weight excluding hydrogens is 396 g/mol. The molecule has 28 heavy (non-hydrogen) atoms. The average Bonchev–Trinajstić information content (AvgIpc) is 3.40. The topological polar surface area (TPSA) is 72.9 Å². The van der Waals surface area contributed by atoms with E-state index in [1.807, 2.05) is 24.3 Å². The first-order valence-corrected chi connectivity index (χ1v) is 10.9.